The van der Waals surface area contributed by atoms with Crippen molar-refractivity contribution in [3.63, 3.8) is 0 Å². The van der Waals surface area contributed by atoms with Crippen LogP contribution in [0, 0.1) is 0 Å². The van der Waals surface area contributed by atoms with E-state index in [1.54, 1.807) is 0 Å². The molecule has 2 atom stereocenters. The minimum atomic E-state index is 0.583. The number of likely N-dealkylation sites (N-methyl/N-ethyl adjacent to an activating group) is 1. The first-order chi connectivity index (χ1) is 8.60. The summed E-state index contributed by atoms with van der Waals surface area (Å²) >= 11 is 0. The van der Waals surface area contributed by atoms with Crippen LogP contribution in [0.1, 0.15) is 47.0 Å². The van der Waals surface area contributed by atoms with Gasteiger partial charge in [-0.3, -0.25) is 4.90 Å². The van der Waals surface area contributed by atoms with Gasteiger partial charge >= 0.3 is 0 Å². The average Bonchev–Trinajstić information content (AvgIpc) is 2.43. The molecular weight excluding hydrogens is 222 g/mol. The Morgan fingerprint density at radius 1 is 1.22 bits per heavy atom. The second-order valence-electron chi connectivity index (χ2n) is 5.81. The molecule has 1 rings (SSSR count). The lowest BCUT2D eigenvalue weighted by Crippen LogP contribution is -2.52. The van der Waals surface area contributed by atoms with Crippen LogP contribution < -0.4 is 5.32 Å². The second kappa shape index (κ2) is 8.13. The van der Waals surface area contributed by atoms with Gasteiger partial charge in [-0.25, -0.2) is 0 Å². The van der Waals surface area contributed by atoms with E-state index in [4.69, 9.17) is 0 Å². The molecule has 0 radical (unpaired) electrons. The van der Waals surface area contributed by atoms with Crippen LogP contribution in [0.2, 0.25) is 0 Å². The van der Waals surface area contributed by atoms with E-state index in [-0.39, 0.29) is 0 Å². The molecule has 0 aromatic heterocycles. The molecule has 0 saturated carbocycles. The summed E-state index contributed by atoms with van der Waals surface area (Å²) in [5, 5.41) is 3.62. The molecule has 3 nitrogen and oxygen atoms in total. The molecule has 1 N–H and O–H groups in total. The molecule has 3 heteroatoms. The van der Waals surface area contributed by atoms with Crippen molar-refractivity contribution in [2.45, 2.75) is 65.1 Å². The van der Waals surface area contributed by atoms with Crippen molar-refractivity contribution < 1.29 is 0 Å². The fourth-order valence-electron chi connectivity index (χ4n) is 2.87. The Kier molecular flexibility index (Phi) is 7.20. The highest BCUT2D eigenvalue weighted by Gasteiger charge is 2.26. The van der Waals surface area contributed by atoms with E-state index in [1.165, 1.54) is 38.9 Å². The first-order valence-electron chi connectivity index (χ1n) is 7.77. The van der Waals surface area contributed by atoms with E-state index < -0.39 is 0 Å². The highest BCUT2D eigenvalue weighted by Crippen LogP contribution is 2.18. The van der Waals surface area contributed by atoms with E-state index in [0.717, 1.165) is 12.6 Å². The van der Waals surface area contributed by atoms with Gasteiger partial charge in [0.25, 0.3) is 0 Å². The normalized spacial score (nSPS) is 22.3. The molecular formula is C15H33N3. The molecule has 0 aromatic rings. The summed E-state index contributed by atoms with van der Waals surface area (Å²) in [6, 6.07) is 1.97. The molecule has 0 spiro atoms. The van der Waals surface area contributed by atoms with Crippen molar-refractivity contribution in [2.24, 2.45) is 0 Å². The Morgan fingerprint density at radius 3 is 2.33 bits per heavy atom. The zero-order chi connectivity index (χ0) is 13.5. The van der Waals surface area contributed by atoms with Crippen LogP contribution in [0.3, 0.4) is 0 Å². The maximum atomic E-state index is 3.62. The third-order valence-corrected chi connectivity index (χ3v) is 4.66. The first-order valence-corrected chi connectivity index (χ1v) is 7.77. The van der Waals surface area contributed by atoms with E-state index in [9.17, 15) is 0 Å². The molecule has 108 valence electrons. The number of nitrogens with zero attached hydrogens (tertiary/aromatic N) is 2. The number of piperidine rings is 1. The van der Waals surface area contributed by atoms with Crippen LogP contribution in [-0.4, -0.2) is 61.2 Å². The van der Waals surface area contributed by atoms with Crippen LogP contribution in [0.4, 0.5) is 0 Å². The fraction of sp³-hybridized carbons (Fsp3) is 1.00. The summed E-state index contributed by atoms with van der Waals surface area (Å²) < 4.78 is 0. The fourth-order valence-corrected chi connectivity index (χ4v) is 2.87. The minimum absolute atomic E-state index is 0.583. The third kappa shape index (κ3) is 4.52. The minimum Gasteiger partial charge on any atom is -0.313 e. The average molecular weight is 255 g/mol. The number of nitrogens with one attached hydrogen (secondary N) is 1. The van der Waals surface area contributed by atoms with Gasteiger partial charge in [-0.2, -0.15) is 0 Å². The number of hydrogen-bond acceptors (Lipinski definition) is 3. The summed E-state index contributed by atoms with van der Waals surface area (Å²) in [5.41, 5.74) is 0. The molecule has 18 heavy (non-hydrogen) atoms. The topological polar surface area (TPSA) is 18.5 Å². The van der Waals surface area contributed by atoms with Gasteiger partial charge in [0.2, 0.25) is 0 Å². The van der Waals surface area contributed by atoms with Crippen molar-refractivity contribution in [1.29, 1.82) is 0 Å². The quantitative estimate of drug-likeness (QED) is 0.752. The lowest BCUT2D eigenvalue weighted by molar-refractivity contribution is 0.0912. The Hall–Kier alpha value is -0.120. The molecule has 1 heterocycles. The van der Waals surface area contributed by atoms with Crippen molar-refractivity contribution in [2.75, 3.05) is 33.2 Å². The SMILES string of the molecule is CCCNC(C)C(C)N(C)C1CCN(CC)CC1. The van der Waals surface area contributed by atoms with Crippen LogP contribution >= 0.6 is 0 Å². The summed E-state index contributed by atoms with van der Waals surface area (Å²) in [6.07, 6.45) is 3.88. The van der Waals surface area contributed by atoms with E-state index in [2.05, 4.69) is 49.9 Å². The van der Waals surface area contributed by atoms with E-state index in [0.29, 0.717) is 12.1 Å². The van der Waals surface area contributed by atoms with Crippen LogP contribution in [0.15, 0.2) is 0 Å². The maximum Gasteiger partial charge on any atom is 0.0218 e. The molecule has 2 unspecified atom stereocenters. The van der Waals surface area contributed by atoms with Crippen LogP contribution in [0.25, 0.3) is 0 Å². The van der Waals surface area contributed by atoms with E-state index >= 15 is 0 Å². The molecule has 0 aliphatic carbocycles. The molecule has 1 fully saturated rings. The predicted molar refractivity (Wildman–Crippen MR) is 80.1 cm³/mol. The Balaban J connectivity index is 2.36. The number of rotatable bonds is 7. The molecule has 0 bridgehead atoms. The molecule has 1 saturated heterocycles. The van der Waals surface area contributed by atoms with Crippen LogP contribution in [0.5, 0.6) is 0 Å². The lowest BCUT2D eigenvalue weighted by Gasteiger charge is -2.41. The van der Waals surface area contributed by atoms with Gasteiger partial charge in [0.1, 0.15) is 0 Å². The second-order valence-corrected chi connectivity index (χ2v) is 5.81. The summed E-state index contributed by atoms with van der Waals surface area (Å²) in [7, 11) is 2.31. The van der Waals surface area contributed by atoms with Gasteiger partial charge in [-0.15, -0.1) is 0 Å². The maximum absolute atomic E-state index is 3.62. The van der Waals surface area contributed by atoms with Crippen molar-refractivity contribution in [3.8, 4) is 0 Å². The van der Waals surface area contributed by atoms with Crippen molar-refractivity contribution in [3.05, 3.63) is 0 Å². The van der Waals surface area contributed by atoms with Gasteiger partial charge in [0.05, 0.1) is 0 Å². The summed E-state index contributed by atoms with van der Waals surface area (Å²) in [4.78, 5) is 5.16. The van der Waals surface area contributed by atoms with Gasteiger partial charge in [0, 0.05) is 18.1 Å². The summed E-state index contributed by atoms with van der Waals surface area (Å²) in [5.74, 6) is 0. The van der Waals surface area contributed by atoms with Gasteiger partial charge in [0.15, 0.2) is 0 Å². The van der Waals surface area contributed by atoms with Gasteiger partial charge < -0.3 is 10.2 Å². The number of likely N-dealkylation sites (tertiary alicyclic amines) is 1. The lowest BCUT2D eigenvalue weighted by atomic mass is 10.00. The van der Waals surface area contributed by atoms with Crippen molar-refractivity contribution >= 4 is 0 Å². The summed E-state index contributed by atoms with van der Waals surface area (Å²) in [6.45, 7) is 14.1. The van der Waals surface area contributed by atoms with E-state index in [1.807, 2.05) is 0 Å². The largest absolute Gasteiger partial charge is 0.313 e. The smallest absolute Gasteiger partial charge is 0.0218 e. The third-order valence-electron chi connectivity index (χ3n) is 4.66. The highest BCUT2D eigenvalue weighted by atomic mass is 15.2. The molecule has 0 aromatic carbocycles. The van der Waals surface area contributed by atoms with Gasteiger partial charge in [-0.05, 0) is 66.3 Å². The van der Waals surface area contributed by atoms with Crippen molar-refractivity contribution in [1.82, 2.24) is 15.1 Å². The Bertz CT molecular complexity index is 210. The molecule has 1 aliphatic rings. The Morgan fingerprint density at radius 2 is 1.83 bits per heavy atom. The van der Waals surface area contributed by atoms with Gasteiger partial charge in [-0.1, -0.05) is 13.8 Å². The molecule has 0 amide bonds. The van der Waals surface area contributed by atoms with Crippen LogP contribution in [-0.2, 0) is 0 Å². The zero-order valence-electron chi connectivity index (χ0n) is 13.1. The first kappa shape index (κ1) is 15.9. The Labute approximate surface area is 114 Å². The number of hydrogen-bond donors (Lipinski definition) is 1. The molecule has 1 aliphatic heterocycles. The predicted octanol–water partition coefficient (Wildman–Crippen LogP) is 2.18. The standard InChI is InChI=1S/C15H33N3/c1-6-10-16-13(3)14(4)17(5)15-8-11-18(7-2)12-9-15/h13-16H,6-12H2,1-5H3. The highest BCUT2D eigenvalue weighted by molar-refractivity contribution is 4.84. The zero-order valence-corrected chi connectivity index (χ0v) is 13.1. The monoisotopic (exact) mass is 255 g/mol.